The molecule has 1 aromatic heterocycles. The van der Waals surface area contributed by atoms with Crippen LogP contribution in [0.4, 0.5) is 0 Å². The molecule has 1 aliphatic heterocycles. The summed E-state index contributed by atoms with van der Waals surface area (Å²) in [7, 11) is 3.19. The summed E-state index contributed by atoms with van der Waals surface area (Å²) in [5, 5.41) is 11.5. The molecule has 1 aliphatic carbocycles. The molecule has 39 heavy (non-hydrogen) atoms. The van der Waals surface area contributed by atoms with Gasteiger partial charge in [-0.1, -0.05) is 6.07 Å². The second-order valence-corrected chi connectivity index (χ2v) is 10.9. The number of carbonyl (C=O) groups excluding carboxylic acids is 1. The van der Waals surface area contributed by atoms with E-state index in [4.69, 9.17) is 31.6 Å². The van der Waals surface area contributed by atoms with E-state index in [1.165, 1.54) is 0 Å². The van der Waals surface area contributed by atoms with Gasteiger partial charge in [-0.3, -0.25) is 4.90 Å². The number of morpholine rings is 1. The van der Waals surface area contributed by atoms with E-state index in [0.29, 0.717) is 46.9 Å². The van der Waals surface area contributed by atoms with Crippen molar-refractivity contribution in [2.75, 3.05) is 47.1 Å². The molecule has 1 N–H and O–H groups in total. The number of esters is 1. The minimum absolute atomic E-state index is 0. The summed E-state index contributed by atoms with van der Waals surface area (Å²) in [5.74, 6) is 0.920. The van der Waals surface area contributed by atoms with Gasteiger partial charge in [0.25, 0.3) is 0 Å². The fourth-order valence-electron chi connectivity index (χ4n) is 5.25. The number of methoxy groups -OCH3 is 2. The zero-order chi connectivity index (χ0) is 27.0. The van der Waals surface area contributed by atoms with Crippen LogP contribution in [0.1, 0.15) is 58.2 Å². The van der Waals surface area contributed by atoms with Crippen molar-refractivity contribution in [3.8, 4) is 17.2 Å². The van der Waals surface area contributed by atoms with E-state index in [9.17, 15) is 9.90 Å². The number of halogens is 2. The minimum atomic E-state index is -0.459. The predicted molar refractivity (Wildman–Crippen MR) is 159 cm³/mol. The number of aromatic hydroxyl groups is 1. The van der Waals surface area contributed by atoms with Crippen LogP contribution in [0.25, 0.3) is 10.9 Å². The second kappa shape index (κ2) is 12.6. The maximum atomic E-state index is 13.7. The van der Waals surface area contributed by atoms with Crippen LogP contribution in [0.5, 0.6) is 17.2 Å². The summed E-state index contributed by atoms with van der Waals surface area (Å²) in [4.78, 5) is 15.9. The standard InChI is InChI=1S/C28H33BrN2O6S.ClH/c1-4-37-28(33)24-23-18(15-30-9-11-36-12-10-30)26(32)19(29)14-20(23)31(17-6-7-17)25(24)27(38)16-5-8-21(34-2)22(13-16)35-3;/h5,8,13-14,17,27,32,38H,4,6-7,9-12,15H2,1-3H3;1H. The number of carbonyl (C=O) groups is 1. The number of aromatic nitrogens is 1. The Morgan fingerprint density at radius 3 is 2.49 bits per heavy atom. The van der Waals surface area contributed by atoms with Gasteiger partial charge in [-0.2, -0.15) is 12.6 Å². The number of benzene rings is 2. The molecule has 1 unspecified atom stereocenters. The molecule has 1 saturated carbocycles. The summed E-state index contributed by atoms with van der Waals surface area (Å²) < 4.78 is 24.9. The highest BCUT2D eigenvalue weighted by Gasteiger charge is 2.37. The van der Waals surface area contributed by atoms with E-state index in [-0.39, 0.29) is 30.8 Å². The summed E-state index contributed by atoms with van der Waals surface area (Å²) in [5.41, 5.74) is 3.66. The minimum Gasteiger partial charge on any atom is -0.506 e. The van der Waals surface area contributed by atoms with Gasteiger partial charge in [0.2, 0.25) is 0 Å². The first-order valence-electron chi connectivity index (χ1n) is 12.8. The van der Waals surface area contributed by atoms with Gasteiger partial charge in [0.15, 0.2) is 11.5 Å². The SMILES string of the molecule is CCOC(=O)c1c(C(S)c2ccc(OC)c(OC)c2)n(C2CC2)c2cc(Br)c(O)c(CN3CCOCC3)c12.Cl. The van der Waals surface area contributed by atoms with Gasteiger partial charge in [0.1, 0.15) is 5.75 Å². The molecular formula is C28H34BrClN2O6S. The van der Waals surface area contributed by atoms with Crippen molar-refractivity contribution in [2.24, 2.45) is 0 Å². The van der Waals surface area contributed by atoms with E-state index in [0.717, 1.165) is 48.1 Å². The average molecular weight is 642 g/mol. The zero-order valence-corrected chi connectivity index (χ0v) is 25.5. The van der Waals surface area contributed by atoms with Crippen molar-refractivity contribution in [2.45, 2.75) is 37.6 Å². The van der Waals surface area contributed by atoms with E-state index in [2.05, 4.69) is 25.4 Å². The molecule has 212 valence electrons. The highest BCUT2D eigenvalue weighted by Crippen LogP contribution is 2.49. The molecular weight excluding hydrogens is 608 g/mol. The maximum Gasteiger partial charge on any atom is 0.340 e. The van der Waals surface area contributed by atoms with Crippen molar-refractivity contribution in [1.29, 1.82) is 0 Å². The van der Waals surface area contributed by atoms with Crippen LogP contribution >= 0.6 is 41.0 Å². The number of fused-ring (bicyclic) bond motifs is 1. The van der Waals surface area contributed by atoms with Crippen LogP contribution < -0.4 is 9.47 Å². The maximum absolute atomic E-state index is 13.7. The third-order valence-electron chi connectivity index (χ3n) is 7.22. The Morgan fingerprint density at radius 2 is 1.87 bits per heavy atom. The quantitative estimate of drug-likeness (QED) is 0.222. The van der Waals surface area contributed by atoms with Gasteiger partial charge in [-0.25, -0.2) is 4.79 Å². The molecule has 1 saturated heterocycles. The third kappa shape index (κ3) is 5.72. The lowest BCUT2D eigenvalue weighted by Gasteiger charge is -2.27. The van der Waals surface area contributed by atoms with Crippen molar-refractivity contribution in [1.82, 2.24) is 9.47 Å². The Hall–Kier alpha value is -2.11. The van der Waals surface area contributed by atoms with Gasteiger partial charge in [0.05, 0.1) is 60.5 Å². The summed E-state index contributed by atoms with van der Waals surface area (Å²) in [6, 6.07) is 7.82. The molecule has 5 rings (SSSR count). The number of phenolic OH excluding ortho intramolecular Hbond substituents is 1. The summed E-state index contributed by atoms with van der Waals surface area (Å²) in [6.07, 6.45) is 2.01. The molecule has 11 heteroatoms. The Balaban J connectivity index is 0.00000353. The molecule has 0 spiro atoms. The van der Waals surface area contributed by atoms with Crippen molar-refractivity contribution in [3.05, 3.63) is 51.1 Å². The van der Waals surface area contributed by atoms with Crippen LogP contribution in [-0.4, -0.2) is 67.7 Å². The Morgan fingerprint density at radius 1 is 1.18 bits per heavy atom. The largest absolute Gasteiger partial charge is 0.506 e. The number of rotatable bonds is 9. The van der Waals surface area contributed by atoms with Crippen molar-refractivity contribution >= 4 is 57.8 Å². The van der Waals surface area contributed by atoms with Crippen LogP contribution in [0.15, 0.2) is 28.7 Å². The second-order valence-electron chi connectivity index (χ2n) is 9.57. The normalized spacial score (nSPS) is 16.5. The average Bonchev–Trinajstić information content (AvgIpc) is 3.72. The number of nitrogens with zero attached hydrogens (tertiary/aromatic N) is 2. The summed E-state index contributed by atoms with van der Waals surface area (Å²) >= 11 is 8.67. The molecule has 0 bridgehead atoms. The smallest absolute Gasteiger partial charge is 0.340 e. The molecule has 2 aromatic carbocycles. The van der Waals surface area contributed by atoms with Crippen LogP contribution in [0.2, 0.25) is 0 Å². The Labute approximate surface area is 248 Å². The molecule has 3 aromatic rings. The van der Waals surface area contributed by atoms with Crippen LogP contribution in [-0.2, 0) is 16.0 Å². The summed E-state index contributed by atoms with van der Waals surface area (Å²) in [6.45, 7) is 5.29. The van der Waals surface area contributed by atoms with Crippen LogP contribution in [0.3, 0.4) is 0 Å². The molecule has 2 heterocycles. The number of phenols is 1. The van der Waals surface area contributed by atoms with Gasteiger partial charge < -0.3 is 28.6 Å². The topological polar surface area (TPSA) is 82.4 Å². The third-order valence-corrected chi connectivity index (χ3v) is 8.37. The van der Waals surface area contributed by atoms with Gasteiger partial charge in [-0.15, -0.1) is 12.4 Å². The number of ether oxygens (including phenoxy) is 4. The Bertz CT molecular complexity index is 1360. The highest BCUT2D eigenvalue weighted by atomic mass is 79.9. The predicted octanol–water partition coefficient (Wildman–Crippen LogP) is 5.91. The van der Waals surface area contributed by atoms with Crippen molar-refractivity contribution in [3.63, 3.8) is 0 Å². The molecule has 0 radical (unpaired) electrons. The lowest BCUT2D eigenvalue weighted by molar-refractivity contribution is 0.0340. The lowest BCUT2D eigenvalue weighted by atomic mass is 9.99. The molecule has 1 atom stereocenters. The van der Waals surface area contributed by atoms with Crippen molar-refractivity contribution < 1.29 is 28.8 Å². The highest BCUT2D eigenvalue weighted by molar-refractivity contribution is 9.10. The van der Waals surface area contributed by atoms with E-state index >= 15 is 0 Å². The van der Waals surface area contributed by atoms with Gasteiger partial charge in [0, 0.05) is 36.6 Å². The number of hydrogen-bond donors (Lipinski definition) is 2. The molecule has 8 nitrogen and oxygen atoms in total. The molecule has 2 aliphatic rings. The van der Waals surface area contributed by atoms with E-state index in [1.807, 2.05) is 24.3 Å². The molecule has 2 fully saturated rings. The zero-order valence-electron chi connectivity index (χ0n) is 22.2. The first-order valence-corrected chi connectivity index (χ1v) is 14.2. The van der Waals surface area contributed by atoms with Gasteiger partial charge >= 0.3 is 5.97 Å². The van der Waals surface area contributed by atoms with Gasteiger partial charge in [-0.05, 0) is 59.5 Å². The fourth-order valence-corrected chi connectivity index (χ4v) is 6.12. The van der Waals surface area contributed by atoms with Crippen LogP contribution in [0, 0.1) is 0 Å². The monoisotopic (exact) mass is 640 g/mol. The lowest BCUT2D eigenvalue weighted by Crippen LogP contribution is -2.35. The number of thiol groups is 1. The first-order chi connectivity index (χ1) is 18.4. The Kier molecular flexibility index (Phi) is 9.65. The fraction of sp³-hybridized carbons (Fsp3) is 0.464. The number of hydrogen-bond acceptors (Lipinski definition) is 8. The van der Waals surface area contributed by atoms with E-state index in [1.54, 1.807) is 21.1 Å². The first kappa shape index (κ1) is 29.9. The molecule has 0 amide bonds. The van der Waals surface area contributed by atoms with E-state index < -0.39 is 11.2 Å².